The Morgan fingerprint density at radius 2 is 2.00 bits per heavy atom. The van der Waals surface area contributed by atoms with Crippen LogP contribution in [0.1, 0.15) is 57.0 Å². The van der Waals surface area contributed by atoms with E-state index < -0.39 is 0 Å². The molecule has 1 aromatic rings. The molecule has 0 radical (unpaired) electrons. The van der Waals surface area contributed by atoms with Gasteiger partial charge in [0.1, 0.15) is 5.69 Å². The second-order valence-corrected chi connectivity index (χ2v) is 3.75. The average Bonchev–Trinajstić information content (AvgIpc) is 2.59. The molecule has 1 aliphatic carbocycles. The fourth-order valence-electron chi connectivity index (χ4n) is 1.94. The van der Waals surface area contributed by atoms with Crippen molar-refractivity contribution in [2.24, 2.45) is 12.8 Å². The zero-order chi connectivity index (χ0) is 11.3. The largest absolute Gasteiger partial charge is 0.323 e. The monoisotopic (exact) mass is 210 g/mol. The second-order valence-electron chi connectivity index (χ2n) is 3.75. The number of rotatable bonds is 0. The predicted octanol–water partition coefficient (Wildman–Crippen LogP) is 1.96. The summed E-state index contributed by atoms with van der Waals surface area (Å²) in [5, 5.41) is 8.15. The molecule has 86 valence electrons. The third-order valence-corrected chi connectivity index (χ3v) is 2.75. The Labute approximate surface area is 91.9 Å². The highest BCUT2D eigenvalue weighted by Crippen LogP contribution is 2.23. The Morgan fingerprint density at radius 1 is 1.27 bits per heavy atom. The van der Waals surface area contributed by atoms with Crippen LogP contribution in [0.3, 0.4) is 0 Å². The smallest absolute Gasteiger partial charge is 0.103 e. The van der Waals surface area contributed by atoms with Crippen molar-refractivity contribution < 1.29 is 0 Å². The lowest BCUT2D eigenvalue weighted by atomic mass is 9.98. The molecule has 2 rings (SSSR count). The predicted molar refractivity (Wildman–Crippen MR) is 61.5 cm³/mol. The molecule has 1 aromatic heterocycles. The van der Waals surface area contributed by atoms with Crippen LogP contribution in [0.4, 0.5) is 0 Å². The van der Waals surface area contributed by atoms with Gasteiger partial charge in [0.25, 0.3) is 0 Å². The van der Waals surface area contributed by atoms with Crippen molar-refractivity contribution in [3.63, 3.8) is 0 Å². The molecule has 0 saturated carbocycles. The topological polar surface area (TPSA) is 56.7 Å². The summed E-state index contributed by atoms with van der Waals surface area (Å²) in [6.45, 7) is 4.00. The summed E-state index contributed by atoms with van der Waals surface area (Å²) in [4.78, 5) is 0. The highest BCUT2D eigenvalue weighted by molar-refractivity contribution is 5.15. The molecule has 4 heteroatoms. The summed E-state index contributed by atoms with van der Waals surface area (Å²) < 4.78 is 1.86. The fourth-order valence-corrected chi connectivity index (χ4v) is 1.94. The second kappa shape index (κ2) is 5.85. The summed E-state index contributed by atoms with van der Waals surface area (Å²) in [6.07, 6.45) is 5.86. The molecule has 0 aromatic carbocycles. The van der Waals surface area contributed by atoms with E-state index in [1.165, 1.54) is 25.0 Å². The normalized spacial score (nSPS) is 20.7. The number of nitrogens with two attached hydrogens (primary N) is 1. The fraction of sp³-hybridized carbons (Fsp3) is 0.818. The van der Waals surface area contributed by atoms with Gasteiger partial charge in [-0.05, 0) is 19.3 Å². The Kier molecular flexibility index (Phi) is 4.75. The molecule has 15 heavy (non-hydrogen) atoms. The van der Waals surface area contributed by atoms with Gasteiger partial charge in [-0.15, -0.1) is 5.10 Å². The van der Waals surface area contributed by atoms with Crippen LogP contribution in [0.25, 0.3) is 0 Å². The van der Waals surface area contributed by atoms with Crippen LogP contribution in [-0.2, 0) is 13.5 Å². The van der Waals surface area contributed by atoms with Gasteiger partial charge in [-0.3, -0.25) is 4.68 Å². The van der Waals surface area contributed by atoms with Crippen LogP contribution in [0.5, 0.6) is 0 Å². The Balaban J connectivity index is 0.000000531. The standard InChI is InChI=1S/C9H16N4.C2H6/c1-13-8-6-4-2-3-5-7(10)9(8)11-12-13;1-2/h7H,2-6,10H2,1H3;1-2H3. The van der Waals surface area contributed by atoms with Gasteiger partial charge in [-0.1, -0.05) is 31.9 Å². The van der Waals surface area contributed by atoms with Gasteiger partial charge >= 0.3 is 0 Å². The van der Waals surface area contributed by atoms with Crippen molar-refractivity contribution in [3.8, 4) is 0 Å². The Hall–Kier alpha value is -0.900. The van der Waals surface area contributed by atoms with E-state index in [2.05, 4.69) is 10.3 Å². The first-order valence-electron chi connectivity index (χ1n) is 5.93. The van der Waals surface area contributed by atoms with Crippen LogP contribution >= 0.6 is 0 Å². The summed E-state index contributed by atoms with van der Waals surface area (Å²) in [5.74, 6) is 0. The summed E-state index contributed by atoms with van der Waals surface area (Å²) in [7, 11) is 1.94. The minimum atomic E-state index is 0.101. The molecule has 1 aliphatic rings. The van der Waals surface area contributed by atoms with Crippen molar-refractivity contribution in [2.75, 3.05) is 0 Å². The highest BCUT2D eigenvalue weighted by Gasteiger charge is 2.18. The molecule has 0 aliphatic heterocycles. The number of hydrogen-bond donors (Lipinski definition) is 1. The molecule has 4 nitrogen and oxygen atoms in total. The first kappa shape index (κ1) is 12.2. The van der Waals surface area contributed by atoms with E-state index in [0.717, 1.165) is 18.5 Å². The Bertz CT molecular complexity index is 293. The number of fused-ring (bicyclic) bond motifs is 1. The molecule has 1 unspecified atom stereocenters. The van der Waals surface area contributed by atoms with Gasteiger partial charge in [-0.25, -0.2) is 0 Å². The first-order chi connectivity index (χ1) is 7.29. The molecular weight excluding hydrogens is 188 g/mol. The average molecular weight is 210 g/mol. The SMILES string of the molecule is CC.Cn1nnc2c1CCCCCC2N. The minimum absolute atomic E-state index is 0.101. The number of aryl methyl sites for hydroxylation is 1. The molecule has 0 amide bonds. The maximum absolute atomic E-state index is 6.01. The lowest BCUT2D eigenvalue weighted by Crippen LogP contribution is -2.15. The number of aromatic nitrogens is 3. The van der Waals surface area contributed by atoms with Crippen molar-refractivity contribution >= 4 is 0 Å². The van der Waals surface area contributed by atoms with Crippen molar-refractivity contribution in [1.29, 1.82) is 0 Å². The van der Waals surface area contributed by atoms with E-state index in [9.17, 15) is 0 Å². The quantitative estimate of drug-likeness (QED) is 0.712. The Morgan fingerprint density at radius 3 is 2.73 bits per heavy atom. The maximum atomic E-state index is 6.01. The summed E-state index contributed by atoms with van der Waals surface area (Å²) >= 11 is 0. The zero-order valence-electron chi connectivity index (χ0n) is 10.0. The van der Waals surface area contributed by atoms with Crippen LogP contribution in [0, 0.1) is 0 Å². The maximum Gasteiger partial charge on any atom is 0.103 e. The van der Waals surface area contributed by atoms with E-state index in [1.54, 1.807) is 0 Å². The van der Waals surface area contributed by atoms with Gasteiger partial charge in [0.2, 0.25) is 0 Å². The van der Waals surface area contributed by atoms with Crippen LogP contribution < -0.4 is 5.73 Å². The lowest BCUT2D eigenvalue weighted by Gasteiger charge is -2.14. The molecular formula is C11H22N4. The van der Waals surface area contributed by atoms with Gasteiger partial charge in [0, 0.05) is 7.05 Å². The summed E-state index contributed by atoms with van der Waals surface area (Å²) in [6, 6.07) is 0.101. The van der Waals surface area contributed by atoms with Gasteiger partial charge in [-0.2, -0.15) is 0 Å². The third kappa shape index (κ3) is 2.78. The third-order valence-electron chi connectivity index (χ3n) is 2.75. The van der Waals surface area contributed by atoms with Crippen LogP contribution in [0.15, 0.2) is 0 Å². The van der Waals surface area contributed by atoms with Crippen molar-refractivity contribution in [2.45, 2.75) is 52.0 Å². The van der Waals surface area contributed by atoms with E-state index in [1.807, 2.05) is 25.6 Å². The molecule has 0 bridgehead atoms. The number of nitrogens with zero attached hydrogens (tertiary/aromatic N) is 3. The zero-order valence-corrected chi connectivity index (χ0v) is 10.0. The van der Waals surface area contributed by atoms with E-state index in [0.29, 0.717) is 0 Å². The molecule has 1 heterocycles. The molecule has 2 N–H and O–H groups in total. The van der Waals surface area contributed by atoms with Gasteiger partial charge in [0.05, 0.1) is 11.7 Å². The molecule has 0 saturated heterocycles. The molecule has 1 atom stereocenters. The minimum Gasteiger partial charge on any atom is -0.323 e. The number of hydrogen-bond acceptors (Lipinski definition) is 3. The van der Waals surface area contributed by atoms with Gasteiger partial charge < -0.3 is 5.73 Å². The van der Waals surface area contributed by atoms with E-state index in [-0.39, 0.29) is 6.04 Å². The van der Waals surface area contributed by atoms with E-state index >= 15 is 0 Å². The summed E-state index contributed by atoms with van der Waals surface area (Å²) in [5.41, 5.74) is 8.26. The van der Waals surface area contributed by atoms with Crippen LogP contribution in [-0.4, -0.2) is 15.0 Å². The van der Waals surface area contributed by atoms with Crippen molar-refractivity contribution in [3.05, 3.63) is 11.4 Å². The van der Waals surface area contributed by atoms with Crippen LogP contribution in [0.2, 0.25) is 0 Å². The molecule has 0 fully saturated rings. The lowest BCUT2D eigenvalue weighted by molar-refractivity contribution is 0.530. The van der Waals surface area contributed by atoms with Crippen molar-refractivity contribution in [1.82, 2.24) is 15.0 Å². The van der Waals surface area contributed by atoms with Gasteiger partial charge in [0.15, 0.2) is 0 Å². The molecule has 0 spiro atoms. The first-order valence-corrected chi connectivity index (χ1v) is 5.93. The highest BCUT2D eigenvalue weighted by atomic mass is 15.4. The van der Waals surface area contributed by atoms with E-state index in [4.69, 9.17) is 5.73 Å².